The van der Waals surface area contributed by atoms with Gasteiger partial charge in [0.05, 0.1) is 12.6 Å². The van der Waals surface area contributed by atoms with Crippen LogP contribution in [-0.2, 0) is 22.7 Å². The van der Waals surface area contributed by atoms with Crippen molar-refractivity contribution in [2.45, 2.75) is 57.3 Å². The van der Waals surface area contributed by atoms with Gasteiger partial charge in [-0.3, -0.25) is 9.59 Å². The largest absolute Gasteiger partial charge is 0.508 e. The number of nitrogens with one attached hydrogen (secondary N) is 1. The van der Waals surface area contributed by atoms with Crippen LogP contribution in [0.3, 0.4) is 0 Å². The average Bonchev–Trinajstić information content (AvgIpc) is 3.37. The van der Waals surface area contributed by atoms with Gasteiger partial charge in [0.1, 0.15) is 29.6 Å². The highest BCUT2D eigenvalue weighted by molar-refractivity contribution is 5.89. The number of fused-ring (bicyclic) bond motifs is 1. The molecule has 1 aliphatic rings. The molecule has 5 rings (SSSR count). The Bertz CT molecular complexity index is 1410. The quantitative estimate of drug-likeness (QED) is 0.335. The minimum Gasteiger partial charge on any atom is -0.508 e. The first-order chi connectivity index (χ1) is 19.0. The molecule has 202 valence electrons. The van der Waals surface area contributed by atoms with Gasteiger partial charge < -0.3 is 20.1 Å². The van der Waals surface area contributed by atoms with Crippen LogP contribution in [0.15, 0.2) is 72.8 Å². The van der Waals surface area contributed by atoms with Gasteiger partial charge in [-0.15, -0.1) is 5.10 Å². The second-order valence-corrected chi connectivity index (χ2v) is 9.94. The summed E-state index contributed by atoms with van der Waals surface area (Å²) < 4.78 is 6.86. The van der Waals surface area contributed by atoms with Crippen molar-refractivity contribution in [3.05, 3.63) is 83.9 Å². The van der Waals surface area contributed by atoms with Crippen molar-refractivity contribution in [2.24, 2.45) is 0 Å². The SMILES string of the molecule is COc1ccc(CN(C(=O)Cn2nnc3ccccc32)[C@@H](C(=O)NC2CCCCC2)c2ccc(O)cc2)cc1. The third-order valence-corrected chi connectivity index (χ3v) is 7.26. The fraction of sp³-hybridized carbons (Fsp3) is 0.333. The maximum absolute atomic E-state index is 14.0. The minimum atomic E-state index is -0.906. The number of nitrogens with zero attached hydrogens (tertiary/aromatic N) is 4. The van der Waals surface area contributed by atoms with Crippen molar-refractivity contribution in [3.63, 3.8) is 0 Å². The number of benzene rings is 3. The molecule has 9 heteroatoms. The lowest BCUT2D eigenvalue weighted by Gasteiger charge is -2.33. The number of ether oxygens (including phenoxy) is 1. The number of aromatic hydroxyl groups is 1. The van der Waals surface area contributed by atoms with Crippen molar-refractivity contribution in [1.29, 1.82) is 0 Å². The van der Waals surface area contributed by atoms with Gasteiger partial charge in [0.25, 0.3) is 0 Å². The lowest BCUT2D eigenvalue weighted by Crippen LogP contribution is -2.47. The molecular weight excluding hydrogens is 494 g/mol. The molecule has 9 nitrogen and oxygen atoms in total. The van der Waals surface area contributed by atoms with Crippen LogP contribution < -0.4 is 10.1 Å². The first-order valence-electron chi connectivity index (χ1n) is 13.3. The Morgan fingerprint density at radius 2 is 1.74 bits per heavy atom. The van der Waals surface area contributed by atoms with Crippen LogP contribution in [0.2, 0.25) is 0 Å². The summed E-state index contributed by atoms with van der Waals surface area (Å²) in [7, 11) is 1.60. The predicted octanol–water partition coefficient (Wildman–Crippen LogP) is 4.36. The van der Waals surface area contributed by atoms with Crippen molar-refractivity contribution >= 4 is 22.8 Å². The number of hydrogen-bond acceptors (Lipinski definition) is 6. The number of methoxy groups -OCH3 is 1. The Kier molecular flexibility index (Phi) is 8.05. The van der Waals surface area contributed by atoms with E-state index >= 15 is 0 Å². The molecule has 0 saturated heterocycles. The maximum atomic E-state index is 14.0. The molecular formula is C30H33N5O4. The normalized spacial score (nSPS) is 14.6. The second-order valence-electron chi connectivity index (χ2n) is 9.94. The van der Waals surface area contributed by atoms with E-state index in [0.29, 0.717) is 16.8 Å². The number of rotatable bonds is 9. The number of carbonyl (C=O) groups excluding carboxylic acids is 2. The molecule has 1 fully saturated rings. The zero-order chi connectivity index (χ0) is 27.2. The fourth-order valence-corrected chi connectivity index (χ4v) is 5.16. The highest BCUT2D eigenvalue weighted by Crippen LogP contribution is 2.28. The van der Waals surface area contributed by atoms with Gasteiger partial charge in [-0.2, -0.15) is 0 Å². The van der Waals surface area contributed by atoms with E-state index in [9.17, 15) is 14.7 Å². The maximum Gasteiger partial charge on any atom is 0.247 e. The van der Waals surface area contributed by atoms with E-state index in [-0.39, 0.29) is 36.7 Å². The van der Waals surface area contributed by atoms with Crippen LogP contribution in [0.1, 0.15) is 49.3 Å². The van der Waals surface area contributed by atoms with Gasteiger partial charge >= 0.3 is 0 Å². The van der Waals surface area contributed by atoms with E-state index in [1.165, 1.54) is 18.6 Å². The van der Waals surface area contributed by atoms with Crippen LogP contribution in [0, 0.1) is 0 Å². The zero-order valence-corrected chi connectivity index (χ0v) is 22.0. The molecule has 39 heavy (non-hydrogen) atoms. The van der Waals surface area contributed by atoms with Gasteiger partial charge in [0.15, 0.2) is 0 Å². The van der Waals surface area contributed by atoms with Crippen LogP contribution in [0.4, 0.5) is 0 Å². The van der Waals surface area contributed by atoms with Crippen LogP contribution >= 0.6 is 0 Å². The Morgan fingerprint density at radius 1 is 1.03 bits per heavy atom. The van der Waals surface area contributed by atoms with Gasteiger partial charge in [-0.1, -0.05) is 60.9 Å². The van der Waals surface area contributed by atoms with Crippen molar-refractivity contribution in [2.75, 3.05) is 7.11 Å². The second kappa shape index (κ2) is 12.0. The number of phenols is 1. The third kappa shape index (κ3) is 6.19. The number of carbonyl (C=O) groups is 2. The lowest BCUT2D eigenvalue weighted by molar-refractivity contribution is -0.142. The molecule has 1 atom stereocenters. The third-order valence-electron chi connectivity index (χ3n) is 7.26. The number of aromatic nitrogens is 3. The standard InChI is InChI=1S/C30H33N5O4/c1-39-25-17-11-21(12-18-25)19-34(28(37)20-35-27-10-6-5-9-26(27)32-33-35)29(22-13-15-24(36)16-14-22)30(38)31-23-7-3-2-4-8-23/h5-6,9-18,23,29,36H,2-4,7-8,19-20H2,1H3,(H,31,38)/t29-/m1/s1. The molecule has 0 aliphatic heterocycles. The first-order valence-corrected chi connectivity index (χ1v) is 13.3. The molecule has 0 radical (unpaired) electrons. The molecule has 1 aliphatic carbocycles. The monoisotopic (exact) mass is 527 g/mol. The van der Waals surface area contributed by atoms with E-state index < -0.39 is 6.04 Å². The summed E-state index contributed by atoms with van der Waals surface area (Å²) in [4.78, 5) is 29.6. The molecule has 0 bridgehead atoms. The van der Waals surface area contributed by atoms with Gasteiger partial charge in [0, 0.05) is 12.6 Å². The van der Waals surface area contributed by atoms with Crippen LogP contribution in [-0.4, -0.2) is 50.0 Å². The first kappa shape index (κ1) is 26.2. The van der Waals surface area contributed by atoms with Gasteiger partial charge in [-0.05, 0) is 60.4 Å². The number of hydrogen-bond donors (Lipinski definition) is 2. The Labute approximate surface area is 227 Å². The molecule has 1 saturated carbocycles. The average molecular weight is 528 g/mol. The molecule has 3 aromatic carbocycles. The Morgan fingerprint density at radius 3 is 2.46 bits per heavy atom. The lowest BCUT2D eigenvalue weighted by atomic mass is 9.94. The minimum absolute atomic E-state index is 0.0723. The number of para-hydroxylation sites is 1. The van der Waals surface area contributed by atoms with Crippen molar-refractivity contribution < 1.29 is 19.4 Å². The Hall–Kier alpha value is -4.40. The van der Waals surface area contributed by atoms with Crippen molar-refractivity contribution in [3.8, 4) is 11.5 Å². The summed E-state index contributed by atoms with van der Waals surface area (Å²) in [5, 5.41) is 21.5. The summed E-state index contributed by atoms with van der Waals surface area (Å²) in [6, 6.07) is 20.5. The summed E-state index contributed by atoms with van der Waals surface area (Å²) in [5.74, 6) is 0.277. The number of phenolic OH excluding ortho intramolecular Hbond substituents is 1. The molecule has 1 aromatic heterocycles. The summed E-state index contributed by atoms with van der Waals surface area (Å²) in [5.41, 5.74) is 2.90. The van der Waals surface area contributed by atoms with Crippen LogP contribution in [0.25, 0.3) is 11.0 Å². The highest BCUT2D eigenvalue weighted by atomic mass is 16.5. The molecule has 2 amide bonds. The Balaban J connectivity index is 1.51. The molecule has 1 heterocycles. The smallest absolute Gasteiger partial charge is 0.247 e. The highest BCUT2D eigenvalue weighted by Gasteiger charge is 2.33. The number of amides is 2. The zero-order valence-electron chi connectivity index (χ0n) is 22.0. The van der Waals surface area contributed by atoms with Gasteiger partial charge in [0.2, 0.25) is 11.8 Å². The predicted molar refractivity (Wildman–Crippen MR) is 147 cm³/mol. The summed E-state index contributed by atoms with van der Waals surface area (Å²) >= 11 is 0. The summed E-state index contributed by atoms with van der Waals surface area (Å²) in [6.45, 7) is 0.112. The van der Waals surface area contributed by atoms with E-state index in [1.54, 1.807) is 28.8 Å². The van der Waals surface area contributed by atoms with E-state index in [4.69, 9.17) is 4.74 Å². The molecule has 4 aromatic rings. The van der Waals surface area contributed by atoms with Gasteiger partial charge in [-0.25, -0.2) is 4.68 Å². The van der Waals surface area contributed by atoms with E-state index in [0.717, 1.165) is 36.8 Å². The molecule has 2 N–H and O–H groups in total. The fourth-order valence-electron chi connectivity index (χ4n) is 5.16. The summed E-state index contributed by atoms with van der Waals surface area (Å²) in [6.07, 6.45) is 5.16. The van der Waals surface area contributed by atoms with E-state index in [1.807, 2.05) is 48.5 Å². The molecule has 0 unspecified atom stereocenters. The van der Waals surface area contributed by atoms with E-state index in [2.05, 4.69) is 15.6 Å². The molecule has 0 spiro atoms. The van der Waals surface area contributed by atoms with Crippen LogP contribution in [0.5, 0.6) is 11.5 Å². The topological polar surface area (TPSA) is 110 Å². The van der Waals surface area contributed by atoms with Crippen molar-refractivity contribution in [1.82, 2.24) is 25.2 Å².